The maximum atomic E-state index is 5.72. The van der Waals surface area contributed by atoms with Crippen molar-refractivity contribution in [3.63, 3.8) is 0 Å². The van der Waals surface area contributed by atoms with E-state index in [1.165, 1.54) is 33.7 Å². The summed E-state index contributed by atoms with van der Waals surface area (Å²) in [5.74, 6) is 0. The number of rotatable bonds is 6. The van der Waals surface area contributed by atoms with E-state index < -0.39 is 0 Å². The fourth-order valence-corrected chi connectivity index (χ4v) is 8.18. The van der Waals surface area contributed by atoms with Crippen LogP contribution in [-0.2, 0) is 12.8 Å². The van der Waals surface area contributed by atoms with Gasteiger partial charge in [0.25, 0.3) is 0 Å². The number of H-pyrrole nitrogens is 2. The van der Waals surface area contributed by atoms with Crippen LogP contribution in [0.4, 0.5) is 0 Å². The van der Waals surface area contributed by atoms with E-state index in [1.54, 1.807) is 0 Å². The van der Waals surface area contributed by atoms with Crippen LogP contribution in [0.2, 0.25) is 0 Å². The number of hydrogen-bond acceptors (Lipinski definition) is 2. The molecule has 3 aliphatic rings. The molecule has 0 unspecified atom stereocenters. The molecule has 4 nitrogen and oxygen atoms in total. The van der Waals surface area contributed by atoms with Crippen LogP contribution in [0.15, 0.2) is 133 Å². The molecule has 4 aromatic carbocycles. The van der Waals surface area contributed by atoms with E-state index in [2.05, 4.69) is 169 Å². The molecule has 0 amide bonds. The molecule has 2 N–H and O–H groups in total. The molecule has 3 aliphatic heterocycles. The van der Waals surface area contributed by atoms with Gasteiger partial charge in [0.2, 0.25) is 0 Å². The summed E-state index contributed by atoms with van der Waals surface area (Å²) in [5.41, 5.74) is 20.2. The van der Waals surface area contributed by atoms with Crippen molar-refractivity contribution in [3.05, 3.63) is 168 Å². The molecule has 8 bridgehead atoms. The molecule has 0 spiro atoms. The predicted molar refractivity (Wildman–Crippen MR) is 218 cm³/mol. The summed E-state index contributed by atoms with van der Waals surface area (Å²) < 4.78 is 0. The Kier molecular flexibility index (Phi) is 8.21. The smallest absolute Gasteiger partial charge is 0.0771 e. The zero-order valence-electron chi connectivity index (χ0n) is 29.6. The summed E-state index contributed by atoms with van der Waals surface area (Å²) in [6.45, 7) is 4.54. The number of fused-ring (bicyclic) bond motifs is 8. The molecule has 2 aromatic heterocycles. The van der Waals surface area contributed by atoms with E-state index in [4.69, 9.17) is 9.97 Å². The highest BCUT2D eigenvalue weighted by Crippen LogP contribution is 2.45. The first-order valence-electron chi connectivity index (χ1n) is 18.4. The lowest BCUT2D eigenvalue weighted by Gasteiger charge is -2.11. The maximum absolute atomic E-state index is 5.72. The average molecular weight is 673 g/mol. The minimum absolute atomic E-state index is 0.879. The number of nitrogens with one attached hydrogen (secondary N) is 2. The van der Waals surface area contributed by atoms with Crippen LogP contribution in [0.3, 0.4) is 0 Å². The Bertz CT molecular complexity index is 2550. The number of aromatic amines is 2. The van der Waals surface area contributed by atoms with Crippen molar-refractivity contribution in [3.8, 4) is 44.5 Å². The first kappa shape index (κ1) is 31.7. The van der Waals surface area contributed by atoms with Gasteiger partial charge in [0.1, 0.15) is 0 Å². The van der Waals surface area contributed by atoms with E-state index in [0.717, 1.165) is 92.9 Å². The third-order valence-corrected chi connectivity index (χ3v) is 10.5. The van der Waals surface area contributed by atoms with Crippen molar-refractivity contribution < 1.29 is 0 Å². The monoisotopic (exact) mass is 672 g/mol. The minimum atomic E-state index is 0.879. The van der Waals surface area contributed by atoms with Gasteiger partial charge in [0, 0.05) is 44.7 Å². The molecular formula is C48H40N4. The Balaban J connectivity index is 1.52. The topological polar surface area (TPSA) is 57.4 Å². The third kappa shape index (κ3) is 5.48. The van der Waals surface area contributed by atoms with Crippen LogP contribution in [0, 0.1) is 0 Å². The summed E-state index contributed by atoms with van der Waals surface area (Å²) in [6, 6.07) is 47.3. The lowest BCUT2D eigenvalue weighted by molar-refractivity contribution is 1.02. The summed E-state index contributed by atoms with van der Waals surface area (Å²) in [6.07, 6.45) is 7.89. The van der Waals surface area contributed by atoms with Crippen molar-refractivity contribution in [1.29, 1.82) is 0 Å². The molecule has 252 valence electrons. The highest BCUT2D eigenvalue weighted by Gasteiger charge is 2.27. The van der Waals surface area contributed by atoms with Gasteiger partial charge in [-0.3, -0.25) is 0 Å². The second kappa shape index (κ2) is 13.5. The highest BCUT2D eigenvalue weighted by atomic mass is 14.8. The van der Waals surface area contributed by atoms with E-state index in [-0.39, 0.29) is 0 Å². The summed E-state index contributed by atoms with van der Waals surface area (Å²) in [7, 11) is 0. The van der Waals surface area contributed by atoms with Crippen LogP contribution in [-0.4, -0.2) is 19.9 Å². The summed E-state index contributed by atoms with van der Waals surface area (Å²) in [4.78, 5) is 19.1. The Morgan fingerprint density at radius 1 is 0.423 bits per heavy atom. The number of benzene rings is 4. The number of hydrogen-bond donors (Lipinski definition) is 2. The van der Waals surface area contributed by atoms with Crippen molar-refractivity contribution in [1.82, 2.24) is 19.9 Å². The predicted octanol–water partition coefficient (Wildman–Crippen LogP) is 12.4. The molecule has 0 saturated heterocycles. The highest BCUT2D eigenvalue weighted by molar-refractivity contribution is 6.03. The van der Waals surface area contributed by atoms with Crippen molar-refractivity contribution in [2.24, 2.45) is 0 Å². The summed E-state index contributed by atoms with van der Waals surface area (Å²) in [5, 5.41) is 0. The molecule has 9 rings (SSSR count). The zero-order chi connectivity index (χ0) is 35.0. The van der Waals surface area contributed by atoms with Gasteiger partial charge in [-0.15, -0.1) is 0 Å². The largest absolute Gasteiger partial charge is 0.361 e. The van der Waals surface area contributed by atoms with Gasteiger partial charge >= 0.3 is 0 Å². The van der Waals surface area contributed by atoms with Gasteiger partial charge in [-0.1, -0.05) is 135 Å². The summed E-state index contributed by atoms with van der Waals surface area (Å²) >= 11 is 0. The van der Waals surface area contributed by atoms with E-state index in [0.29, 0.717) is 0 Å². The average Bonchev–Trinajstić information content (AvgIpc) is 4.03. The SMILES string of the molecule is CCC1=C(CC)c2nc1c(-c1ccccc1)c1[nH]c(c(-c3ccccc3)c3nc(c(-c4ccccc4)c4ccc([nH]4)c2-c2ccccc2)C=C3)CC1. The minimum Gasteiger partial charge on any atom is -0.361 e. The van der Waals surface area contributed by atoms with Crippen molar-refractivity contribution >= 4 is 34.3 Å². The number of aryl methyl sites for hydroxylation is 2. The second-order valence-corrected chi connectivity index (χ2v) is 13.5. The normalized spacial score (nSPS) is 13.0. The fourth-order valence-electron chi connectivity index (χ4n) is 8.18. The fraction of sp³-hybridized carbons (Fsp3) is 0.125. The Labute approximate surface area is 305 Å². The van der Waals surface area contributed by atoms with Gasteiger partial charge in [-0.2, -0.15) is 0 Å². The lowest BCUT2D eigenvalue weighted by atomic mass is 9.92. The van der Waals surface area contributed by atoms with Gasteiger partial charge in [0.05, 0.1) is 22.8 Å². The quantitative estimate of drug-likeness (QED) is 0.185. The van der Waals surface area contributed by atoms with Crippen molar-refractivity contribution in [2.75, 3.05) is 0 Å². The first-order chi connectivity index (χ1) is 25.7. The van der Waals surface area contributed by atoms with E-state index in [1.807, 2.05) is 0 Å². The molecule has 6 aromatic rings. The van der Waals surface area contributed by atoms with Crippen molar-refractivity contribution in [2.45, 2.75) is 39.5 Å². The van der Waals surface area contributed by atoms with Gasteiger partial charge in [-0.25, -0.2) is 9.97 Å². The van der Waals surface area contributed by atoms with E-state index >= 15 is 0 Å². The molecular weight excluding hydrogens is 633 g/mol. The number of allylic oxidation sites excluding steroid dienone is 2. The Morgan fingerprint density at radius 3 is 1.35 bits per heavy atom. The van der Waals surface area contributed by atoms with Gasteiger partial charge in [0.15, 0.2) is 0 Å². The second-order valence-electron chi connectivity index (χ2n) is 13.5. The lowest BCUT2D eigenvalue weighted by Crippen LogP contribution is -1.94. The molecule has 0 fully saturated rings. The molecule has 5 heterocycles. The third-order valence-electron chi connectivity index (χ3n) is 10.5. The molecule has 0 aliphatic carbocycles. The van der Waals surface area contributed by atoms with Gasteiger partial charge < -0.3 is 9.97 Å². The van der Waals surface area contributed by atoms with E-state index in [9.17, 15) is 0 Å². The number of nitrogens with zero attached hydrogens (tertiary/aromatic N) is 2. The van der Waals surface area contributed by atoms with Crippen LogP contribution in [0.5, 0.6) is 0 Å². The zero-order valence-corrected chi connectivity index (χ0v) is 29.6. The van der Waals surface area contributed by atoms with Crippen LogP contribution >= 0.6 is 0 Å². The molecule has 52 heavy (non-hydrogen) atoms. The standard InChI is InChI=1S/C48H40N4/c1-3-35-36(4-2)48-46(34-23-15-8-16-24-34)42-30-28-40(51-42)44(32-19-11-6-12-20-32)38-26-25-37(49-38)43(31-17-9-5-10-18-31)39-27-29-41(50-39)45(47(35)52-48)33-21-13-7-14-22-33/h5-27,29,50-51H,3-4,28,30H2,1-2H3. The first-order valence-corrected chi connectivity index (χ1v) is 18.4. The molecule has 0 atom stereocenters. The van der Waals surface area contributed by atoms with Crippen LogP contribution < -0.4 is 0 Å². The van der Waals surface area contributed by atoms with Crippen LogP contribution in [0.25, 0.3) is 78.8 Å². The maximum Gasteiger partial charge on any atom is 0.0771 e. The van der Waals surface area contributed by atoms with Crippen LogP contribution in [0.1, 0.15) is 60.9 Å². The van der Waals surface area contributed by atoms with Gasteiger partial charge in [-0.05, 0) is 83.4 Å². The Hall–Kier alpha value is -6.26. The number of aromatic nitrogens is 4. The molecule has 4 heteroatoms. The Morgan fingerprint density at radius 2 is 0.827 bits per heavy atom. The molecule has 0 radical (unpaired) electrons. The molecule has 0 saturated carbocycles.